The van der Waals surface area contributed by atoms with Gasteiger partial charge < -0.3 is 19.1 Å². The zero-order valence-electron chi connectivity index (χ0n) is 17.3. The lowest BCUT2D eigenvalue weighted by Gasteiger charge is -2.37. The number of thiophene rings is 1. The summed E-state index contributed by atoms with van der Waals surface area (Å²) in [5.41, 5.74) is 2.57. The molecule has 31 heavy (non-hydrogen) atoms. The fourth-order valence-corrected chi connectivity index (χ4v) is 4.73. The van der Waals surface area contributed by atoms with Gasteiger partial charge in [-0.3, -0.25) is 4.79 Å². The third kappa shape index (κ3) is 4.07. The fourth-order valence-electron chi connectivity index (χ4n) is 3.88. The molecule has 1 aromatic heterocycles. The largest absolute Gasteiger partial charge is 0.493 e. The normalized spacial score (nSPS) is 15.0. The Kier molecular flexibility index (Phi) is 6.10. The van der Waals surface area contributed by atoms with Crippen LogP contribution in [-0.2, 0) is 11.2 Å². The maximum absolute atomic E-state index is 13.2. The molecule has 0 radical (unpaired) electrons. The van der Waals surface area contributed by atoms with Crippen LogP contribution >= 0.6 is 11.3 Å². The number of benzene rings is 2. The van der Waals surface area contributed by atoms with Gasteiger partial charge in [-0.1, -0.05) is 18.2 Å². The number of nitrogens with zero attached hydrogens (tertiary/aromatic N) is 2. The van der Waals surface area contributed by atoms with E-state index in [1.807, 2.05) is 34.5 Å². The number of amides is 1. The van der Waals surface area contributed by atoms with Crippen molar-refractivity contribution in [3.05, 3.63) is 75.5 Å². The van der Waals surface area contributed by atoms with Gasteiger partial charge in [0.2, 0.25) is 0 Å². The van der Waals surface area contributed by atoms with Crippen LogP contribution in [0, 0.1) is 11.3 Å². The number of fused-ring (bicyclic) bond motifs is 1. The smallest absolute Gasteiger partial charge is 0.261 e. The third-order valence-electron chi connectivity index (χ3n) is 5.37. The van der Waals surface area contributed by atoms with Gasteiger partial charge in [0.05, 0.1) is 25.8 Å². The molecule has 3 aromatic rings. The highest BCUT2D eigenvalue weighted by atomic mass is 32.1. The molecule has 0 saturated heterocycles. The predicted molar refractivity (Wildman–Crippen MR) is 118 cm³/mol. The van der Waals surface area contributed by atoms with E-state index in [0.717, 1.165) is 16.0 Å². The van der Waals surface area contributed by atoms with Crippen molar-refractivity contribution in [3.63, 3.8) is 0 Å². The molecule has 1 aliphatic rings. The SMILES string of the molecule is COc1cc2c(cc1OC)C(c1cccs1)N(C(=O)COc1ccccc1C#N)CC2. The van der Waals surface area contributed by atoms with E-state index in [9.17, 15) is 10.1 Å². The molecule has 2 heterocycles. The Morgan fingerprint density at radius 2 is 1.90 bits per heavy atom. The van der Waals surface area contributed by atoms with E-state index in [4.69, 9.17) is 14.2 Å². The average Bonchev–Trinajstić information content (AvgIpc) is 3.35. The van der Waals surface area contributed by atoms with Crippen LogP contribution in [0.25, 0.3) is 0 Å². The molecule has 6 nitrogen and oxygen atoms in total. The Morgan fingerprint density at radius 1 is 1.13 bits per heavy atom. The second-order valence-electron chi connectivity index (χ2n) is 7.06. The molecule has 0 aliphatic carbocycles. The first-order chi connectivity index (χ1) is 15.2. The summed E-state index contributed by atoms with van der Waals surface area (Å²) >= 11 is 1.61. The molecule has 0 spiro atoms. The second kappa shape index (κ2) is 9.11. The van der Waals surface area contributed by atoms with Gasteiger partial charge in [0, 0.05) is 11.4 Å². The van der Waals surface area contributed by atoms with Gasteiger partial charge in [-0.05, 0) is 53.3 Å². The number of ether oxygens (including phenoxy) is 3. The molecule has 1 aliphatic heterocycles. The Hall–Kier alpha value is -3.50. The van der Waals surface area contributed by atoms with E-state index in [1.165, 1.54) is 0 Å². The third-order valence-corrected chi connectivity index (χ3v) is 6.29. The lowest BCUT2D eigenvalue weighted by atomic mass is 9.90. The van der Waals surface area contributed by atoms with Crippen molar-refractivity contribution in [1.29, 1.82) is 5.26 Å². The second-order valence-corrected chi connectivity index (χ2v) is 8.04. The van der Waals surface area contributed by atoms with E-state index in [0.29, 0.717) is 35.8 Å². The molecular weight excluding hydrogens is 412 g/mol. The topological polar surface area (TPSA) is 71.8 Å². The Balaban J connectivity index is 1.65. The van der Waals surface area contributed by atoms with Gasteiger partial charge >= 0.3 is 0 Å². The molecule has 0 saturated carbocycles. The maximum atomic E-state index is 13.2. The van der Waals surface area contributed by atoms with Gasteiger partial charge in [0.25, 0.3) is 5.91 Å². The van der Waals surface area contributed by atoms with Crippen molar-refractivity contribution in [3.8, 4) is 23.3 Å². The zero-order chi connectivity index (χ0) is 21.8. The van der Waals surface area contributed by atoms with Crippen LogP contribution in [0.3, 0.4) is 0 Å². The van der Waals surface area contributed by atoms with Crippen molar-refractivity contribution in [2.24, 2.45) is 0 Å². The van der Waals surface area contributed by atoms with E-state index in [-0.39, 0.29) is 18.6 Å². The van der Waals surface area contributed by atoms with Crippen LogP contribution in [0.15, 0.2) is 53.9 Å². The van der Waals surface area contributed by atoms with Crippen molar-refractivity contribution in [2.75, 3.05) is 27.4 Å². The van der Waals surface area contributed by atoms with Crippen molar-refractivity contribution in [2.45, 2.75) is 12.5 Å². The number of nitriles is 1. The summed E-state index contributed by atoms with van der Waals surface area (Å²) in [4.78, 5) is 16.1. The lowest BCUT2D eigenvalue weighted by molar-refractivity contribution is -0.135. The predicted octanol–water partition coefficient (Wildman–Crippen LogP) is 4.19. The fraction of sp³-hybridized carbons (Fsp3) is 0.250. The van der Waals surface area contributed by atoms with Crippen LogP contribution in [0.1, 0.15) is 27.6 Å². The lowest BCUT2D eigenvalue weighted by Crippen LogP contribution is -2.42. The Morgan fingerprint density at radius 3 is 2.61 bits per heavy atom. The Bertz CT molecular complexity index is 1120. The standard InChI is InChI=1S/C24H22N2O4S/c1-28-20-12-16-9-10-26(23(27)15-30-19-7-4-3-6-17(19)14-25)24(22-8-5-11-31-22)18(16)13-21(20)29-2/h3-8,11-13,24H,9-10,15H2,1-2H3. The molecule has 1 amide bonds. The summed E-state index contributed by atoms with van der Waals surface area (Å²) in [6.45, 7) is 0.427. The highest BCUT2D eigenvalue weighted by Crippen LogP contribution is 2.42. The number of hydrogen-bond donors (Lipinski definition) is 0. The summed E-state index contributed by atoms with van der Waals surface area (Å²) in [7, 11) is 3.23. The monoisotopic (exact) mass is 434 g/mol. The molecular formula is C24H22N2O4S. The molecule has 7 heteroatoms. The van der Waals surface area contributed by atoms with Crippen LogP contribution < -0.4 is 14.2 Å². The number of carbonyl (C=O) groups excluding carboxylic acids is 1. The first kappa shape index (κ1) is 20.8. The first-order valence-corrected chi connectivity index (χ1v) is 10.7. The molecule has 2 aromatic carbocycles. The highest BCUT2D eigenvalue weighted by Gasteiger charge is 2.34. The van der Waals surface area contributed by atoms with Crippen molar-refractivity contribution in [1.82, 2.24) is 4.90 Å². The minimum atomic E-state index is -0.231. The maximum Gasteiger partial charge on any atom is 0.261 e. The van der Waals surface area contributed by atoms with Gasteiger partial charge in [-0.15, -0.1) is 11.3 Å². The van der Waals surface area contributed by atoms with Crippen LogP contribution in [0.5, 0.6) is 17.2 Å². The van der Waals surface area contributed by atoms with Gasteiger partial charge in [0.1, 0.15) is 11.8 Å². The zero-order valence-corrected chi connectivity index (χ0v) is 18.1. The molecule has 0 fully saturated rings. The summed E-state index contributed by atoms with van der Waals surface area (Å²) in [6.07, 6.45) is 0.706. The molecule has 158 valence electrons. The van der Waals surface area contributed by atoms with Crippen molar-refractivity contribution < 1.29 is 19.0 Å². The number of para-hydroxylation sites is 1. The molecule has 0 N–H and O–H groups in total. The minimum Gasteiger partial charge on any atom is -0.493 e. The summed E-state index contributed by atoms with van der Waals surface area (Å²) in [5.74, 6) is 1.60. The molecule has 4 rings (SSSR count). The van der Waals surface area contributed by atoms with E-state index in [1.54, 1.807) is 49.8 Å². The number of methoxy groups -OCH3 is 2. The number of rotatable bonds is 6. The van der Waals surface area contributed by atoms with Gasteiger partial charge in [-0.25, -0.2) is 0 Å². The van der Waals surface area contributed by atoms with Gasteiger partial charge in [-0.2, -0.15) is 5.26 Å². The van der Waals surface area contributed by atoms with E-state index < -0.39 is 0 Å². The summed E-state index contributed by atoms with van der Waals surface area (Å²) in [6, 6.07) is 16.8. The van der Waals surface area contributed by atoms with Crippen molar-refractivity contribution >= 4 is 17.2 Å². The van der Waals surface area contributed by atoms with Crippen LogP contribution in [0.2, 0.25) is 0 Å². The van der Waals surface area contributed by atoms with E-state index in [2.05, 4.69) is 6.07 Å². The van der Waals surface area contributed by atoms with Crippen LogP contribution in [-0.4, -0.2) is 38.2 Å². The molecule has 1 unspecified atom stereocenters. The summed E-state index contributed by atoms with van der Waals surface area (Å²) < 4.78 is 16.7. The number of carbonyl (C=O) groups is 1. The highest BCUT2D eigenvalue weighted by molar-refractivity contribution is 7.10. The minimum absolute atomic E-state index is 0.133. The average molecular weight is 435 g/mol. The van der Waals surface area contributed by atoms with Crippen LogP contribution in [0.4, 0.5) is 0 Å². The Labute approximate surface area is 185 Å². The quantitative estimate of drug-likeness (QED) is 0.582. The molecule has 1 atom stereocenters. The van der Waals surface area contributed by atoms with E-state index >= 15 is 0 Å². The first-order valence-electron chi connectivity index (χ1n) is 9.85. The van der Waals surface area contributed by atoms with Gasteiger partial charge in [0.15, 0.2) is 18.1 Å². The number of hydrogen-bond acceptors (Lipinski definition) is 6. The molecule has 0 bridgehead atoms. The summed E-state index contributed by atoms with van der Waals surface area (Å²) in [5, 5.41) is 11.3.